The van der Waals surface area contributed by atoms with Crippen molar-refractivity contribution in [1.82, 2.24) is 25.0 Å². The van der Waals surface area contributed by atoms with Crippen molar-refractivity contribution in [3.05, 3.63) is 41.0 Å². The number of aromatic hydroxyl groups is 1. The number of amides is 1. The fraction of sp³-hybridized carbons (Fsp3) is 0.500. The Balaban J connectivity index is 1.45. The Kier molecular flexibility index (Phi) is 4.17. The molecule has 1 aromatic heterocycles. The SMILES string of the molecule is Cc1ccc(O)c(C(=O)N2CCC(c3nnc4n3CCNC4)CC2)c1. The number of phenols is 1. The second kappa shape index (κ2) is 6.48. The van der Waals surface area contributed by atoms with Crippen LogP contribution >= 0.6 is 0 Å². The Morgan fingerprint density at radius 3 is 2.84 bits per heavy atom. The van der Waals surface area contributed by atoms with Crippen LogP contribution in [0.1, 0.15) is 46.3 Å². The Hall–Kier alpha value is -2.41. The lowest BCUT2D eigenvalue weighted by molar-refractivity contribution is 0.0707. The van der Waals surface area contributed by atoms with Gasteiger partial charge in [-0.2, -0.15) is 0 Å². The van der Waals surface area contributed by atoms with Gasteiger partial charge >= 0.3 is 0 Å². The Morgan fingerprint density at radius 2 is 2.04 bits per heavy atom. The molecule has 4 rings (SSSR count). The van der Waals surface area contributed by atoms with Crippen LogP contribution in [0.5, 0.6) is 5.75 Å². The predicted octanol–water partition coefficient (Wildman–Crippen LogP) is 1.42. The van der Waals surface area contributed by atoms with Crippen LogP contribution in [0.2, 0.25) is 0 Å². The number of piperidine rings is 1. The fourth-order valence-electron chi connectivity index (χ4n) is 3.75. The highest BCUT2D eigenvalue weighted by molar-refractivity contribution is 5.97. The standard InChI is InChI=1S/C18H23N5O2/c1-12-2-3-15(24)14(10-12)18(25)22-7-4-13(5-8-22)17-21-20-16-11-19-6-9-23(16)17/h2-3,10,13,19,24H,4-9,11H2,1H3. The van der Waals surface area contributed by atoms with E-state index in [2.05, 4.69) is 20.1 Å². The minimum absolute atomic E-state index is 0.0525. The molecule has 0 saturated carbocycles. The second-order valence-corrected chi connectivity index (χ2v) is 6.89. The van der Waals surface area contributed by atoms with Crippen LogP contribution in [0, 0.1) is 6.92 Å². The van der Waals surface area contributed by atoms with E-state index in [0.29, 0.717) is 24.6 Å². The van der Waals surface area contributed by atoms with Gasteiger partial charge in [0.05, 0.1) is 12.1 Å². The highest BCUT2D eigenvalue weighted by Crippen LogP contribution is 2.29. The zero-order valence-corrected chi connectivity index (χ0v) is 14.4. The van der Waals surface area contributed by atoms with Gasteiger partial charge in [-0.1, -0.05) is 11.6 Å². The minimum Gasteiger partial charge on any atom is -0.507 e. The summed E-state index contributed by atoms with van der Waals surface area (Å²) in [5, 5.41) is 22.0. The summed E-state index contributed by atoms with van der Waals surface area (Å²) in [7, 11) is 0. The summed E-state index contributed by atoms with van der Waals surface area (Å²) in [5.74, 6) is 2.37. The first-order chi connectivity index (χ1) is 12.1. The monoisotopic (exact) mass is 341 g/mol. The molecule has 132 valence electrons. The van der Waals surface area contributed by atoms with Crippen molar-refractivity contribution < 1.29 is 9.90 Å². The van der Waals surface area contributed by atoms with E-state index < -0.39 is 0 Å². The van der Waals surface area contributed by atoms with Crippen LogP contribution in [0.15, 0.2) is 18.2 Å². The largest absolute Gasteiger partial charge is 0.507 e. The number of aromatic nitrogens is 3. The number of carbonyl (C=O) groups excluding carboxylic acids is 1. The molecular weight excluding hydrogens is 318 g/mol. The van der Waals surface area contributed by atoms with E-state index in [-0.39, 0.29) is 11.7 Å². The summed E-state index contributed by atoms with van der Waals surface area (Å²) < 4.78 is 2.23. The Morgan fingerprint density at radius 1 is 1.24 bits per heavy atom. The molecule has 1 amide bonds. The van der Waals surface area contributed by atoms with Crippen LogP contribution in [0.25, 0.3) is 0 Å². The number of nitrogens with zero attached hydrogens (tertiary/aromatic N) is 4. The van der Waals surface area contributed by atoms with Gasteiger partial charge in [0.1, 0.15) is 17.4 Å². The first kappa shape index (κ1) is 16.1. The molecule has 0 spiro atoms. The third-order valence-corrected chi connectivity index (χ3v) is 5.18. The van der Waals surface area contributed by atoms with Crippen molar-refractivity contribution >= 4 is 5.91 Å². The number of fused-ring (bicyclic) bond motifs is 1. The van der Waals surface area contributed by atoms with Crippen LogP contribution in [-0.2, 0) is 13.1 Å². The Bertz CT molecular complexity index is 793. The molecule has 0 bridgehead atoms. The van der Waals surface area contributed by atoms with E-state index in [1.165, 1.54) is 0 Å². The molecule has 0 unspecified atom stereocenters. The molecule has 2 aromatic rings. The topological polar surface area (TPSA) is 83.3 Å². The first-order valence-electron chi connectivity index (χ1n) is 8.85. The van der Waals surface area contributed by atoms with E-state index in [9.17, 15) is 9.90 Å². The molecule has 0 radical (unpaired) electrons. The third-order valence-electron chi connectivity index (χ3n) is 5.18. The van der Waals surface area contributed by atoms with Crippen LogP contribution in [0.3, 0.4) is 0 Å². The molecule has 1 fully saturated rings. The van der Waals surface area contributed by atoms with Crippen molar-refractivity contribution in [3.8, 4) is 5.75 Å². The smallest absolute Gasteiger partial charge is 0.257 e. The number of hydrogen-bond acceptors (Lipinski definition) is 5. The summed E-state index contributed by atoms with van der Waals surface area (Å²) in [4.78, 5) is 14.6. The second-order valence-electron chi connectivity index (χ2n) is 6.89. The number of phenolic OH excluding ortho intramolecular Hbond substituents is 1. The van der Waals surface area contributed by atoms with Gasteiger partial charge in [-0.15, -0.1) is 10.2 Å². The number of benzene rings is 1. The number of rotatable bonds is 2. The number of hydrogen-bond donors (Lipinski definition) is 2. The summed E-state index contributed by atoms with van der Waals surface area (Å²) in [6, 6.07) is 5.15. The number of likely N-dealkylation sites (tertiary alicyclic amines) is 1. The van der Waals surface area contributed by atoms with Crippen molar-refractivity contribution in [2.45, 2.75) is 38.8 Å². The maximum Gasteiger partial charge on any atom is 0.257 e. The van der Waals surface area contributed by atoms with Crippen molar-refractivity contribution in [2.75, 3.05) is 19.6 Å². The third kappa shape index (κ3) is 3.00. The molecule has 0 aliphatic carbocycles. The molecule has 0 atom stereocenters. The van der Waals surface area contributed by atoms with Gasteiger partial charge in [0.2, 0.25) is 0 Å². The number of carbonyl (C=O) groups is 1. The average molecular weight is 341 g/mol. The predicted molar refractivity (Wildman–Crippen MR) is 92.5 cm³/mol. The lowest BCUT2D eigenvalue weighted by Crippen LogP contribution is -2.39. The summed E-state index contributed by atoms with van der Waals surface area (Å²) in [6.07, 6.45) is 1.76. The van der Waals surface area contributed by atoms with Gasteiger partial charge in [0.25, 0.3) is 5.91 Å². The maximum absolute atomic E-state index is 12.7. The highest BCUT2D eigenvalue weighted by Gasteiger charge is 2.29. The van der Waals surface area contributed by atoms with Gasteiger partial charge < -0.3 is 19.9 Å². The van der Waals surface area contributed by atoms with Gasteiger partial charge in [-0.05, 0) is 31.9 Å². The highest BCUT2D eigenvalue weighted by atomic mass is 16.3. The van der Waals surface area contributed by atoms with Crippen molar-refractivity contribution in [1.29, 1.82) is 0 Å². The van der Waals surface area contributed by atoms with Gasteiger partial charge in [0, 0.05) is 32.1 Å². The Labute approximate surface area is 146 Å². The van der Waals surface area contributed by atoms with Crippen LogP contribution in [0.4, 0.5) is 0 Å². The zero-order chi connectivity index (χ0) is 17.4. The molecule has 25 heavy (non-hydrogen) atoms. The van der Waals surface area contributed by atoms with E-state index in [0.717, 1.165) is 49.7 Å². The molecule has 2 aliphatic heterocycles. The zero-order valence-electron chi connectivity index (χ0n) is 14.4. The normalized spacial score (nSPS) is 18.2. The van der Waals surface area contributed by atoms with E-state index in [4.69, 9.17) is 0 Å². The number of nitrogens with one attached hydrogen (secondary N) is 1. The van der Waals surface area contributed by atoms with Gasteiger partial charge in [0.15, 0.2) is 0 Å². The molecule has 1 aromatic carbocycles. The van der Waals surface area contributed by atoms with Crippen molar-refractivity contribution in [2.24, 2.45) is 0 Å². The van der Waals surface area contributed by atoms with Crippen LogP contribution < -0.4 is 5.32 Å². The lowest BCUT2D eigenvalue weighted by atomic mass is 9.95. The molecule has 2 N–H and O–H groups in total. The lowest BCUT2D eigenvalue weighted by Gasteiger charge is -2.32. The number of aryl methyl sites for hydroxylation is 1. The van der Waals surface area contributed by atoms with Crippen molar-refractivity contribution in [3.63, 3.8) is 0 Å². The van der Waals surface area contributed by atoms with E-state index in [1.54, 1.807) is 12.1 Å². The summed E-state index contributed by atoms with van der Waals surface area (Å²) in [6.45, 7) is 5.91. The molecule has 7 nitrogen and oxygen atoms in total. The molecule has 1 saturated heterocycles. The summed E-state index contributed by atoms with van der Waals surface area (Å²) in [5.41, 5.74) is 1.36. The van der Waals surface area contributed by atoms with Gasteiger partial charge in [-0.3, -0.25) is 4.79 Å². The first-order valence-corrected chi connectivity index (χ1v) is 8.85. The fourth-order valence-corrected chi connectivity index (χ4v) is 3.75. The molecule has 3 heterocycles. The van der Waals surface area contributed by atoms with Gasteiger partial charge in [-0.25, -0.2) is 0 Å². The molecular formula is C18H23N5O2. The molecule has 2 aliphatic rings. The average Bonchev–Trinajstić information content (AvgIpc) is 3.07. The summed E-state index contributed by atoms with van der Waals surface area (Å²) >= 11 is 0. The maximum atomic E-state index is 12.7. The minimum atomic E-state index is -0.0906. The van der Waals surface area contributed by atoms with Crippen LogP contribution in [-0.4, -0.2) is 50.3 Å². The van der Waals surface area contributed by atoms with E-state index in [1.807, 2.05) is 17.9 Å². The molecule has 7 heteroatoms. The quantitative estimate of drug-likeness (QED) is 0.863. The van der Waals surface area contributed by atoms with E-state index >= 15 is 0 Å².